The Kier molecular flexibility index (Phi) is 7.87. The van der Waals surface area contributed by atoms with E-state index in [9.17, 15) is 14.4 Å². The number of rotatable bonds is 10. The van der Waals surface area contributed by atoms with Crippen LogP contribution in [0.2, 0.25) is 0 Å². The minimum absolute atomic E-state index is 0.0300. The third-order valence-corrected chi connectivity index (χ3v) is 5.62. The summed E-state index contributed by atoms with van der Waals surface area (Å²) in [5.74, 6) is -1.28. The minimum Gasteiger partial charge on any atom is -0.481 e. The molecule has 0 heterocycles. The van der Waals surface area contributed by atoms with Crippen molar-refractivity contribution in [2.45, 2.75) is 57.5 Å². The Hall–Kier alpha value is -3.35. The molecule has 0 aromatic heterocycles. The summed E-state index contributed by atoms with van der Waals surface area (Å²) in [5.41, 5.74) is 4.58. The second-order valence-corrected chi connectivity index (χ2v) is 8.23. The Bertz CT molecular complexity index is 929. The third kappa shape index (κ3) is 5.87. The van der Waals surface area contributed by atoms with Crippen molar-refractivity contribution in [1.29, 1.82) is 0 Å². The zero-order chi connectivity index (χ0) is 23.1. The first kappa shape index (κ1) is 23.3. The molecule has 1 aliphatic rings. The number of fused-ring (bicyclic) bond motifs is 3. The average molecular weight is 439 g/mol. The zero-order valence-corrected chi connectivity index (χ0v) is 18.5. The highest BCUT2D eigenvalue weighted by atomic mass is 16.5. The van der Waals surface area contributed by atoms with E-state index < -0.39 is 24.1 Å². The highest BCUT2D eigenvalue weighted by Gasteiger charge is 2.29. The summed E-state index contributed by atoms with van der Waals surface area (Å²) in [7, 11) is 0. The van der Waals surface area contributed by atoms with Crippen LogP contribution >= 0.6 is 0 Å². The van der Waals surface area contributed by atoms with Crippen LogP contribution in [0, 0.1) is 0 Å². The Morgan fingerprint density at radius 1 is 0.969 bits per heavy atom. The van der Waals surface area contributed by atoms with E-state index in [1.165, 1.54) is 0 Å². The summed E-state index contributed by atoms with van der Waals surface area (Å²) >= 11 is 0. The molecule has 0 aliphatic heterocycles. The van der Waals surface area contributed by atoms with Crippen LogP contribution in [0.1, 0.15) is 56.6 Å². The standard InChI is InChI=1S/C25H30N2O5/c1-3-8-17(14-24(29)30)27-23(28)13-16(2)26-25(31)32-15-22-20-11-6-4-9-18(20)19-10-5-7-12-21(19)22/h4-7,9-12,16-17,22H,3,8,13-15H2,1-2H3,(H,26,31)(H,27,28)(H,29,30)/t16-,17-/m0/s1. The molecule has 2 atom stereocenters. The fraction of sp³-hybridized carbons (Fsp3) is 0.400. The number of carbonyl (C=O) groups excluding carboxylic acids is 2. The minimum atomic E-state index is -0.950. The predicted molar refractivity (Wildman–Crippen MR) is 121 cm³/mol. The lowest BCUT2D eigenvalue weighted by Gasteiger charge is -2.19. The van der Waals surface area contributed by atoms with Gasteiger partial charge in [0.1, 0.15) is 6.61 Å². The molecule has 2 aromatic rings. The molecule has 0 bridgehead atoms. The molecule has 0 saturated carbocycles. The summed E-state index contributed by atoms with van der Waals surface area (Å²) in [6, 6.07) is 15.4. The van der Waals surface area contributed by atoms with E-state index in [-0.39, 0.29) is 31.3 Å². The molecular weight excluding hydrogens is 408 g/mol. The van der Waals surface area contributed by atoms with Crippen LogP contribution in [-0.2, 0) is 14.3 Å². The first-order valence-corrected chi connectivity index (χ1v) is 11.0. The molecule has 32 heavy (non-hydrogen) atoms. The molecule has 0 fully saturated rings. The molecule has 0 spiro atoms. The number of carboxylic acids is 1. The normalized spacial score (nSPS) is 14.1. The van der Waals surface area contributed by atoms with Crippen LogP contribution in [0.4, 0.5) is 4.79 Å². The number of nitrogens with one attached hydrogen (secondary N) is 2. The lowest BCUT2D eigenvalue weighted by molar-refractivity contribution is -0.137. The van der Waals surface area contributed by atoms with Crippen molar-refractivity contribution in [3.05, 3.63) is 59.7 Å². The molecule has 1 aliphatic carbocycles. The van der Waals surface area contributed by atoms with Crippen molar-refractivity contribution in [2.24, 2.45) is 0 Å². The molecule has 2 amide bonds. The van der Waals surface area contributed by atoms with Gasteiger partial charge < -0.3 is 20.5 Å². The van der Waals surface area contributed by atoms with E-state index in [4.69, 9.17) is 9.84 Å². The van der Waals surface area contributed by atoms with Gasteiger partial charge in [0.15, 0.2) is 0 Å². The van der Waals surface area contributed by atoms with Gasteiger partial charge in [-0.25, -0.2) is 4.79 Å². The van der Waals surface area contributed by atoms with Gasteiger partial charge in [0.2, 0.25) is 5.91 Å². The maximum atomic E-state index is 12.3. The topological polar surface area (TPSA) is 105 Å². The summed E-state index contributed by atoms with van der Waals surface area (Å²) in [6.07, 6.45) is 0.707. The van der Waals surface area contributed by atoms with E-state index >= 15 is 0 Å². The molecular formula is C25H30N2O5. The number of amides is 2. The average Bonchev–Trinajstić information content (AvgIpc) is 3.05. The first-order valence-electron chi connectivity index (χ1n) is 11.0. The van der Waals surface area contributed by atoms with E-state index in [2.05, 4.69) is 34.9 Å². The van der Waals surface area contributed by atoms with Crippen LogP contribution in [0.3, 0.4) is 0 Å². The molecule has 0 unspecified atom stereocenters. The van der Waals surface area contributed by atoms with Gasteiger partial charge >= 0.3 is 12.1 Å². The number of carbonyl (C=O) groups is 3. The van der Waals surface area contributed by atoms with Crippen molar-refractivity contribution in [3.63, 3.8) is 0 Å². The second-order valence-electron chi connectivity index (χ2n) is 8.23. The Labute approximate surface area is 188 Å². The van der Waals surface area contributed by atoms with Gasteiger partial charge in [-0.15, -0.1) is 0 Å². The fourth-order valence-corrected chi connectivity index (χ4v) is 4.24. The van der Waals surface area contributed by atoms with Crippen LogP contribution in [-0.4, -0.2) is 41.8 Å². The number of carboxylic acid groups (broad SMARTS) is 1. The summed E-state index contributed by atoms with van der Waals surface area (Å²) in [4.78, 5) is 35.5. The summed E-state index contributed by atoms with van der Waals surface area (Å²) < 4.78 is 5.50. The van der Waals surface area contributed by atoms with Crippen molar-refractivity contribution in [1.82, 2.24) is 10.6 Å². The molecule has 7 heteroatoms. The van der Waals surface area contributed by atoms with Crippen molar-refractivity contribution in [2.75, 3.05) is 6.61 Å². The number of alkyl carbamates (subject to hydrolysis) is 1. The van der Waals surface area contributed by atoms with Crippen molar-refractivity contribution < 1.29 is 24.2 Å². The largest absolute Gasteiger partial charge is 0.481 e. The monoisotopic (exact) mass is 438 g/mol. The van der Waals surface area contributed by atoms with Crippen LogP contribution in [0.15, 0.2) is 48.5 Å². The van der Waals surface area contributed by atoms with E-state index in [1.807, 2.05) is 31.2 Å². The fourth-order valence-electron chi connectivity index (χ4n) is 4.24. The number of benzene rings is 2. The van der Waals surface area contributed by atoms with Crippen LogP contribution < -0.4 is 10.6 Å². The van der Waals surface area contributed by atoms with Gasteiger partial charge in [-0.05, 0) is 35.6 Å². The van der Waals surface area contributed by atoms with Crippen molar-refractivity contribution >= 4 is 18.0 Å². The maximum absolute atomic E-state index is 12.3. The molecule has 170 valence electrons. The van der Waals surface area contributed by atoms with Gasteiger partial charge in [-0.3, -0.25) is 9.59 Å². The molecule has 3 N–H and O–H groups in total. The van der Waals surface area contributed by atoms with Gasteiger partial charge in [-0.1, -0.05) is 61.9 Å². The third-order valence-electron chi connectivity index (χ3n) is 5.62. The molecule has 7 nitrogen and oxygen atoms in total. The molecule has 3 rings (SSSR count). The molecule has 2 aromatic carbocycles. The first-order chi connectivity index (χ1) is 15.4. The second kappa shape index (κ2) is 10.8. The highest BCUT2D eigenvalue weighted by Crippen LogP contribution is 2.44. The number of hydrogen-bond acceptors (Lipinski definition) is 4. The Morgan fingerprint density at radius 2 is 1.56 bits per heavy atom. The number of aliphatic carboxylic acids is 1. The Balaban J connectivity index is 1.51. The maximum Gasteiger partial charge on any atom is 0.407 e. The van der Waals surface area contributed by atoms with E-state index in [0.29, 0.717) is 6.42 Å². The van der Waals surface area contributed by atoms with Gasteiger partial charge in [0, 0.05) is 24.4 Å². The summed E-state index contributed by atoms with van der Waals surface area (Å²) in [6.45, 7) is 3.85. The lowest BCUT2D eigenvalue weighted by Crippen LogP contribution is -2.41. The molecule has 0 radical (unpaired) electrons. The number of ether oxygens (including phenoxy) is 1. The number of hydrogen-bond donors (Lipinski definition) is 3. The molecule has 0 saturated heterocycles. The van der Waals surface area contributed by atoms with Gasteiger partial charge in [-0.2, -0.15) is 0 Å². The van der Waals surface area contributed by atoms with Gasteiger partial charge in [0.05, 0.1) is 6.42 Å². The SMILES string of the molecule is CCC[C@@H](CC(=O)O)NC(=O)C[C@H](C)NC(=O)OCC1c2ccccc2-c2ccccc21. The van der Waals surface area contributed by atoms with Crippen LogP contribution in [0.25, 0.3) is 11.1 Å². The zero-order valence-electron chi connectivity index (χ0n) is 18.5. The van der Waals surface area contributed by atoms with E-state index in [0.717, 1.165) is 28.7 Å². The Morgan fingerprint density at radius 3 is 2.12 bits per heavy atom. The summed E-state index contributed by atoms with van der Waals surface area (Å²) in [5, 5.41) is 14.4. The highest BCUT2D eigenvalue weighted by molar-refractivity contribution is 5.80. The van der Waals surface area contributed by atoms with Crippen molar-refractivity contribution in [3.8, 4) is 11.1 Å². The van der Waals surface area contributed by atoms with E-state index in [1.54, 1.807) is 6.92 Å². The van der Waals surface area contributed by atoms with Crippen LogP contribution in [0.5, 0.6) is 0 Å². The predicted octanol–water partition coefficient (Wildman–Crippen LogP) is 4.06. The lowest BCUT2D eigenvalue weighted by atomic mass is 9.98. The van der Waals surface area contributed by atoms with Gasteiger partial charge in [0.25, 0.3) is 0 Å². The quantitative estimate of drug-likeness (QED) is 0.519. The smallest absolute Gasteiger partial charge is 0.407 e.